The van der Waals surface area contributed by atoms with Crippen molar-refractivity contribution in [3.8, 4) is 28.6 Å². The fourth-order valence-corrected chi connectivity index (χ4v) is 3.04. The van der Waals surface area contributed by atoms with E-state index in [1.54, 1.807) is 0 Å². The third-order valence-corrected chi connectivity index (χ3v) is 4.54. The molecule has 1 heterocycles. The first-order valence-corrected chi connectivity index (χ1v) is 8.76. The van der Waals surface area contributed by atoms with Gasteiger partial charge in [-0.15, -0.1) is 0 Å². The Kier molecular flexibility index (Phi) is 5.93. The van der Waals surface area contributed by atoms with E-state index in [1.165, 1.54) is 57.7 Å². The second-order valence-electron chi connectivity index (χ2n) is 5.91. The number of hydrogen-bond donors (Lipinski definition) is 0. The number of aromatic nitrogens is 1. The predicted molar refractivity (Wildman–Crippen MR) is 101 cm³/mol. The van der Waals surface area contributed by atoms with E-state index >= 15 is 0 Å². The van der Waals surface area contributed by atoms with Crippen LogP contribution in [0.3, 0.4) is 0 Å². The number of ketones is 1. The van der Waals surface area contributed by atoms with Gasteiger partial charge >= 0.3 is 12.1 Å². The number of benzene rings is 2. The van der Waals surface area contributed by atoms with E-state index in [4.69, 9.17) is 30.2 Å². The van der Waals surface area contributed by atoms with Crippen LogP contribution in [0.25, 0.3) is 11.3 Å². The van der Waals surface area contributed by atoms with Gasteiger partial charge in [-0.05, 0) is 36.4 Å². The summed E-state index contributed by atoms with van der Waals surface area (Å²) in [5.74, 6) is -1.98. The number of rotatable bonds is 6. The van der Waals surface area contributed by atoms with Gasteiger partial charge in [0.1, 0.15) is 5.75 Å². The number of halogens is 4. The molecule has 0 fully saturated rings. The molecule has 30 heavy (non-hydrogen) atoms. The Morgan fingerprint density at radius 3 is 2.20 bits per heavy atom. The highest BCUT2D eigenvalue weighted by molar-refractivity contribution is 6.35. The van der Waals surface area contributed by atoms with Crippen LogP contribution in [0.2, 0.25) is 5.02 Å². The van der Waals surface area contributed by atoms with Crippen LogP contribution in [-0.2, 0) is 6.18 Å². The van der Waals surface area contributed by atoms with Gasteiger partial charge in [0, 0.05) is 11.1 Å². The van der Waals surface area contributed by atoms with Crippen molar-refractivity contribution in [2.75, 3.05) is 21.3 Å². The number of methoxy groups -OCH3 is 3. The van der Waals surface area contributed by atoms with Crippen molar-refractivity contribution >= 4 is 17.4 Å². The zero-order valence-corrected chi connectivity index (χ0v) is 16.7. The Morgan fingerprint density at radius 1 is 1.00 bits per heavy atom. The fourth-order valence-electron chi connectivity index (χ4n) is 2.72. The minimum absolute atomic E-state index is 0.00539. The second kappa shape index (κ2) is 8.27. The van der Waals surface area contributed by atoms with Crippen LogP contribution in [0.1, 0.15) is 21.9 Å². The molecule has 0 aliphatic heterocycles. The quantitative estimate of drug-likeness (QED) is 0.485. The SMILES string of the molecule is COc1ccc(C(=O)c2nc(C(F)(F)F)oc2-c2ccc(OC)c(OC)c2Cl)cc1. The first-order chi connectivity index (χ1) is 14.2. The molecule has 0 atom stereocenters. The van der Waals surface area contributed by atoms with Crippen LogP contribution >= 0.6 is 11.6 Å². The van der Waals surface area contributed by atoms with Gasteiger partial charge in [-0.25, -0.2) is 4.98 Å². The molecule has 0 amide bonds. The van der Waals surface area contributed by atoms with E-state index in [9.17, 15) is 18.0 Å². The molecule has 0 saturated carbocycles. The molecule has 2 aromatic carbocycles. The van der Waals surface area contributed by atoms with E-state index in [-0.39, 0.29) is 27.6 Å². The number of oxazole rings is 1. The first kappa shape index (κ1) is 21.5. The molecule has 0 spiro atoms. The van der Waals surface area contributed by atoms with Crippen LogP contribution in [0, 0.1) is 0 Å². The highest BCUT2D eigenvalue weighted by atomic mass is 35.5. The van der Waals surface area contributed by atoms with Crippen molar-refractivity contribution in [3.63, 3.8) is 0 Å². The molecule has 0 aliphatic rings. The highest BCUT2D eigenvalue weighted by Gasteiger charge is 2.40. The van der Waals surface area contributed by atoms with E-state index in [1.807, 2.05) is 0 Å². The topological polar surface area (TPSA) is 70.8 Å². The lowest BCUT2D eigenvalue weighted by molar-refractivity contribution is -0.156. The third-order valence-electron chi connectivity index (χ3n) is 4.17. The summed E-state index contributed by atoms with van der Waals surface area (Å²) in [6.07, 6.45) is -4.91. The summed E-state index contributed by atoms with van der Waals surface area (Å²) >= 11 is 6.31. The summed E-state index contributed by atoms with van der Waals surface area (Å²) in [5, 5.41) is -0.0921. The smallest absolute Gasteiger partial charge is 0.468 e. The molecule has 10 heteroatoms. The zero-order valence-electron chi connectivity index (χ0n) is 16.0. The third kappa shape index (κ3) is 3.93. The standard InChI is InChI=1S/C20H15ClF3NO5/c1-27-11-6-4-10(5-7-11)16(26)15-17(30-19(25-15)20(22,23)24)12-8-9-13(28-2)18(29-3)14(12)21/h4-9H,1-3H3. The minimum Gasteiger partial charge on any atom is -0.497 e. The number of carbonyl (C=O) groups is 1. The summed E-state index contributed by atoms with van der Waals surface area (Å²) < 4.78 is 60.1. The van der Waals surface area contributed by atoms with Crippen LogP contribution < -0.4 is 14.2 Å². The fraction of sp³-hybridized carbons (Fsp3) is 0.200. The van der Waals surface area contributed by atoms with Gasteiger partial charge in [-0.2, -0.15) is 13.2 Å². The van der Waals surface area contributed by atoms with Crippen molar-refractivity contribution < 1.29 is 36.6 Å². The average molecular weight is 442 g/mol. The van der Waals surface area contributed by atoms with Gasteiger partial charge in [0.25, 0.3) is 0 Å². The van der Waals surface area contributed by atoms with Crippen LogP contribution in [0.15, 0.2) is 40.8 Å². The Balaban J connectivity index is 2.20. The summed E-state index contributed by atoms with van der Waals surface area (Å²) in [6, 6.07) is 8.60. The van der Waals surface area contributed by atoms with E-state index < -0.39 is 29.3 Å². The van der Waals surface area contributed by atoms with Crippen LogP contribution in [-0.4, -0.2) is 32.1 Å². The van der Waals surface area contributed by atoms with Crippen molar-refractivity contribution in [2.24, 2.45) is 0 Å². The molecule has 1 aromatic heterocycles. The molecular formula is C20H15ClF3NO5. The number of carbonyl (C=O) groups excluding carboxylic acids is 1. The lowest BCUT2D eigenvalue weighted by atomic mass is 10.0. The maximum atomic E-state index is 13.3. The van der Waals surface area contributed by atoms with Gasteiger partial charge in [0.15, 0.2) is 23.0 Å². The summed E-state index contributed by atoms with van der Waals surface area (Å²) in [6.45, 7) is 0. The van der Waals surface area contributed by atoms with E-state index in [0.717, 1.165) is 0 Å². The Hall–Kier alpha value is -3.20. The lowest BCUT2D eigenvalue weighted by Crippen LogP contribution is -2.08. The molecule has 3 rings (SSSR count). The maximum Gasteiger partial charge on any atom is 0.468 e. The summed E-state index contributed by atoms with van der Waals surface area (Å²) in [5.41, 5.74) is -0.452. The molecule has 158 valence electrons. The van der Waals surface area contributed by atoms with Gasteiger partial charge in [-0.1, -0.05) is 11.6 Å². The highest BCUT2D eigenvalue weighted by Crippen LogP contribution is 2.44. The van der Waals surface area contributed by atoms with Gasteiger partial charge in [-0.3, -0.25) is 4.79 Å². The first-order valence-electron chi connectivity index (χ1n) is 8.38. The Morgan fingerprint density at radius 2 is 1.67 bits per heavy atom. The lowest BCUT2D eigenvalue weighted by Gasteiger charge is -2.12. The van der Waals surface area contributed by atoms with Gasteiger partial charge in [0.05, 0.1) is 26.4 Å². The minimum atomic E-state index is -4.91. The maximum absolute atomic E-state index is 13.3. The molecule has 3 aromatic rings. The second-order valence-corrected chi connectivity index (χ2v) is 6.29. The number of ether oxygens (including phenoxy) is 3. The summed E-state index contributed by atoms with van der Waals surface area (Å²) in [4.78, 5) is 16.4. The molecule has 0 radical (unpaired) electrons. The molecular weight excluding hydrogens is 427 g/mol. The molecule has 0 saturated heterocycles. The Bertz CT molecular complexity index is 1080. The van der Waals surface area contributed by atoms with E-state index in [0.29, 0.717) is 5.75 Å². The molecule has 6 nitrogen and oxygen atoms in total. The average Bonchev–Trinajstić information content (AvgIpc) is 3.18. The monoisotopic (exact) mass is 441 g/mol. The van der Waals surface area contributed by atoms with E-state index in [2.05, 4.69) is 4.98 Å². The number of alkyl halides is 3. The van der Waals surface area contributed by atoms with Gasteiger partial charge in [0.2, 0.25) is 5.78 Å². The molecule has 0 bridgehead atoms. The predicted octanol–water partition coefficient (Wildman–Crippen LogP) is 5.27. The van der Waals surface area contributed by atoms with Crippen molar-refractivity contribution in [3.05, 3.63) is 58.6 Å². The molecule has 0 N–H and O–H groups in total. The van der Waals surface area contributed by atoms with Crippen LogP contribution in [0.4, 0.5) is 13.2 Å². The van der Waals surface area contributed by atoms with Crippen LogP contribution in [0.5, 0.6) is 17.2 Å². The largest absolute Gasteiger partial charge is 0.497 e. The molecule has 0 unspecified atom stereocenters. The van der Waals surface area contributed by atoms with Crippen molar-refractivity contribution in [1.29, 1.82) is 0 Å². The number of nitrogens with zero attached hydrogens (tertiary/aromatic N) is 1. The zero-order chi connectivity index (χ0) is 22.1. The Labute approximate surface area is 174 Å². The molecule has 0 aliphatic carbocycles. The number of hydrogen-bond acceptors (Lipinski definition) is 6. The summed E-state index contributed by atoms with van der Waals surface area (Å²) in [7, 11) is 4.14. The van der Waals surface area contributed by atoms with Crippen molar-refractivity contribution in [2.45, 2.75) is 6.18 Å². The van der Waals surface area contributed by atoms with Gasteiger partial charge < -0.3 is 18.6 Å². The van der Waals surface area contributed by atoms with Crippen molar-refractivity contribution in [1.82, 2.24) is 4.98 Å². The normalized spacial score (nSPS) is 11.3.